The molecule has 0 unspecified atom stereocenters. The van der Waals surface area contributed by atoms with Crippen LogP contribution in [0.15, 0.2) is 24.5 Å². The second-order valence-corrected chi connectivity index (χ2v) is 3.53. The van der Waals surface area contributed by atoms with Crippen molar-refractivity contribution in [3.8, 4) is 0 Å². The molecule has 0 spiro atoms. The number of halogens is 1. The molecule has 2 aromatic rings. The van der Waals surface area contributed by atoms with Crippen LogP contribution in [0.4, 0.5) is 15.8 Å². The molecule has 18 heavy (non-hydrogen) atoms. The average molecular weight is 251 g/mol. The van der Waals surface area contributed by atoms with Crippen LogP contribution >= 0.6 is 0 Å². The molecule has 0 amide bonds. The van der Waals surface area contributed by atoms with Crippen molar-refractivity contribution >= 4 is 11.4 Å². The summed E-state index contributed by atoms with van der Waals surface area (Å²) < 4.78 is 13.0. The van der Waals surface area contributed by atoms with Crippen LogP contribution in [0.25, 0.3) is 0 Å². The zero-order valence-electron chi connectivity index (χ0n) is 9.26. The van der Waals surface area contributed by atoms with Crippen LogP contribution in [0.2, 0.25) is 0 Å². The molecule has 0 bridgehead atoms. The summed E-state index contributed by atoms with van der Waals surface area (Å²) >= 11 is 0. The first-order valence-electron chi connectivity index (χ1n) is 5.19. The Morgan fingerprint density at radius 1 is 1.50 bits per heavy atom. The number of H-pyrrole nitrogens is 1. The van der Waals surface area contributed by atoms with Gasteiger partial charge in [0, 0.05) is 25.1 Å². The summed E-state index contributed by atoms with van der Waals surface area (Å²) in [5.41, 5.74) is -0.00603. The van der Waals surface area contributed by atoms with Gasteiger partial charge in [0.1, 0.15) is 23.7 Å². The van der Waals surface area contributed by atoms with Gasteiger partial charge in [0.2, 0.25) is 0 Å². The monoisotopic (exact) mass is 251 g/mol. The topological polar surface area (TPSA) is 96.7 Å². The molecule has 0 saturated carbocycles. The van der Waals surface area contributed by atoms with Crippen molar-refractivity contribution in [1.29, 1.82) is 0 Å². The quantitative estimate of drug-likeness (QED) is 0.620. The Kier molecular flexibility index (Phi) is 3.46. The molecule has 2 N–H and O–H groups in total. The van der Waals surface area contributed by atoms with E-state index in [1.165, 1.54) is 6.33 Å². The Morgan fingerprint density at radius 2 is 2.33 bits per heavy atom. The van der Waals surface area contributed by atoms with Gasteiger partial charge in [-0.15, -0.1) is 0 Å². The molecule has 0 aliphatic carbocycles. The first kappa shape index (κ1) is 12.0. The standard InChI is InChI=1S/C10H10FN5O2/c11-7-1-2-9(16(17)18)8(5-7)12-4-3-10-13-6-14-15-10/h1-2,5-6,12H,3-4H2,(H,13,14,15). The molecule has 0 radical (unpaired) electrons. The summed E-state index contributed by atoms with van der Waals surface area (Å²) in [7, 11) is 0. The van der Waals surface area contributed by atoms with E-state index in [0.717, 1.165) is 18.2 Å². The van der Waals surface area contributed by atoms with E-state index in [0.29, 0.717) is 18.8 Å². The van der Waals surface area contributed by atoms with E-state index >= 15 is 0 Å². The fraction of sp³-hybridized carbons (Fsp3) is 0.200. The van der Waals surface area contributed by atoms with Gasteiger partial charge in [-0.2, -0.15) is 5.10 Å². The summed E-state index contributed by atoms with van der Waals surface area (Å²) in [5, 5.41) is 19.9. The largest absolute Gasteiger partial charge is 0.379 e. The van der Waals surface area contributed by atoms with Crippen LogP contribution in [0.5, 0.6) is 0 Å². The van der Waals surface area contributed by atoms with Crippen LogP contribution in [0.1, 0.15) is 5.82 Å². The van der Waals surface area contributed by atoms with E-state index in [-0.39, 0.29) is 11.4 Å². The first-order valence-corrected chi connectivity index (χ1v) is 5.19. The molecule has 1 aromatic carbocycles. The van der Waals surface area contributed by atoms with E-state index in [1.54, 1.807) is 0 Å². The molecule has 0 fully saturated rings. The van der Waals surface area contributed by atoms with Gasteiger partial charge in [0.25, 0.3) is 5.69 Å². The number of nitrogens with one attached hydrogen (secondary N) is 2. The Hall–Kier alpha value is -2.51. The number of benzene rings is 1. The summed E-state index contributed by atoms with van der Waals surface area (Å²) in [4.78, 5) is 14.1. The number of anilines is 1. The van der Waals surface area contributed by atoms with Crippen molar-refractivity contribution in [1.82, 2.24) is 15.2 Å². The smallest absolute Gasteiger partial charge is 0.292 e. The molecule has 0 saturated heterocycles. The number of hydrogen-bond acceptors (Lipinski definition) is 5. The van der Waals surface area contributed by atoms with E-state index < -0.39 is 10.7 Å². The van der Waals surface area contributed by atoms with Gasteiger partial charge in [-0.05, 0) is 6.07 Å². The van der Waals surface area contributed by atoms with Crippen molar-refractivity contribution in [2.24, 2.45) is 0 Å². The highest BCUT2D eigenvalue weighted by Gasteiger charge is 2.13. The highest BCUT2D eigenvalue weighted by atomic mass is 19.1. The zero-order chi connectivity index (χ0) is 13.0. The molecule has 0 aliphatic rings. The Morgan fingerprint density at radius 3 is 3.00 bits per heavy atom. The van der Waals surface area contributed by atoms with Crippen LogP contribution in [-0.4, -0.2) is 26.6 Å². The van der Waals surface area contributed by atoms with Crippen LogP contribution in [-0.2, 0) is 6.42 Å². The molecule has 1 heterocycles. The molecule has 0 aliphatic heterocycles. The van der Waals surface area contributed by atoms with E-state index in [1.807, 2.05) is 0 Å². The van der Waals surface area contributed by atoms with Gasteiger partial charge in [-0.1, -0.05) is 0 Å². The molecular weight excluding hydrogens is 241 g/mol. The van der Waals surface area contributed by atoms with Crippen LogP contribution < -0.4 is 5.32 Å². The third kappa shape index (κ3) is 2.78. The fourth-order valence-corrected chi connectivity index (χ4v) is 1.48. The third-order valence-electron chi connectivity index (χ3n) is 2.30. The summed E-state index contributed by atoms with van der Waals surface area (Å²) in [5.74, 6) is 0.129. The fourth-order valence-electron chi connectivity index (χ4n) is 1.48. The van der Waals surface area contributed by atoms with Gasteiger partial charge in [-0.25, -0.2) is 9.37 Å². The maximum Gasteiger partial charge on any atom is 0.292 e. The highest BCUT2D eigenvalue weighted by Crippen LogP contribution is 2.24. The number of aromatic amines is 1. The summed E-state index contributed by atoms with van der Waals surface area (Å²) in [6.45, 7) is 0.388. The number of nitro benzene ring substituents is 1. The minimum Gasteiger partial charge on any atom is -0.379 e. The molecule has 2 rings (SSSR count). The maximum atomic E-state index is 13.0. The van der Waals surface area contributed by atoms with Crippen LogP contribution in [0.3, 0.4) is 0 Å². The average Bonchev–Trinajstić information content (AvgIpc) is 2.82. The van der Waals surface area contributed by atoms with Crippen molar-refractivity contribution in [2.75, 3.05) is 11.9 Å². The number of aromatic nitrogens is 3. The van der Waals surface area contributed by atoms with E-state index in [4.69, 9.17) is 0 Å². The molecule has 7 nitrogen and oxygen atoms in total. The lowest BCUT2D eigenvalue weighted by atomic mass is 10.2. The molecule has 94 valence electrons. The van der Waals surface area contributed by atoms with Crippen molar-refractivity contribution in [3.05, 3.63) is 46.3 Å². The Balaban J connectivity index is 2.03. The van der Waals surface area contributed by atoms with Crippen molar-refractivity contribution in [2.45, 2.75) is 6.42 Å². The molecule has 0 atom stereocenters. The van der Waals surface area contributed by atoms with Gasteiger partial charge in [0.05, 0.1) is 4.92 Å². The van der Waals surface area contributed by atoms with Crippen molar-refractivity contribution < 1.29 is 9.31 Å². The predicted molar refractivity (Wildman–Crippen MR) is 61.6 cm³/mol. The lowest BCUT2D eigenvalue weighted by Gasteiger charge is -2.05. The minimum absolute atomic E-state index is 0.152. The minimum atomic E-state index is -0.559. The second kappa shape index (κ2) is 5.21. The number of rotatable bonds is 5. The zero-order valence-corrected chi connectivity index (χ0v) is 9.26. The molecule has 8 heteroatoms. The molecule has 1 aromatic heterocycles. The van der Waals surface area contributed by atoms with Gasteiger partial charge >= 0.3 is 0 Å². The predicted octanol–water partition coefficient (Wildman–Crippen LogP) is 1.51. The number of hydrogen-bond donors (Lipinski definition) is 2. The lowest BCUT2D eigenvalue weighted by Crippen LogP contribution is -2.08. The highest BCUT2D eigenvalue weighted by molar-refractivity contribution is 5.61. The number of nitrogens with zero attached hydrogens (tertiary/aromatic N) is 3. The Labute approximate surface area is 101 Å². The lowest BCUT2D eigenvalue weighted by molar-refractivity contribution is -0.384. The van der Waals surface area contributed by atoms with Crippen LogP contribution in [0, 0.1) is 15.9 Å². The Bertz CT molecular complexity index is 543. The van der Waals surface area contributed by atoms with E-state index in [2.05, 4.69) is 20.5 Å². The van der Waals surface area contributed by atoms with Gasteiger partial charge in [-0.3, -0.25) is 15.2 Å². The summed E-state index contributed by atoms with van der Waals surface area (Å²) in [6, 6.07) is 3.28. The van der Waals surface area contributed by atoms with Crippen molar-refractivity contribution in [3.63, 3.8) is 0 Å². The third-order valence-corrected chi connectivity index (χ3v) is 2.30. The molecular formula is C10H10FN5O2. The summed E-state index contributed by atoms with van der Waals surface area (Å²) in [6.07, 6.45) is 1.88. The second-order valence-electron chi connectivity index (χ2n) is 3.53. The van der Waals surface area contributed by atoms with Gasteiger partial charge < -0.3 is 5.32 Å². The SMILES string of the molecule is O=[N+]([O-])c1ccc(F)cc1NCCc1ncn[nH]1. The van der Waals surface area contributed by atoms with E-state index in [9.17, 15) is 14.5 Å². The number of nitro groups is 1. The van der Waals surface area contributed by atoms with Gasteiger partial charge in [0.15, 0.2) is 0 Å². The maximum absolute atomic E-state index is 13.0. The first-order chi connectivity index (χ1) is 8.66. The normalized spacial score (nSPS) is 10.3.